The number of thioether (sulfide) groups is 1. The third-order valence-electron chi connectivity index (χ3n) is 4.26. The molecule has 1 aliphatic rings. The zero-order chi connectivity index (χ0) is 20.4. The van der Waals surface area contributed by atoms with Crippen molar-refractivity contribution in [1.82, 2.24) is 0 Å². The summed E-state index contributed by atoms with van der Waals surface area (Å²) in [6.45, 7) is 7.74. The Morgan fingerprint density at radius 1 is 1.07 bits per heavy atom. The molecular weight excluding hydrogens is 394 g/mol. The van der Waals surface area contributed by atoms with Crippen molar-refractivity contribution in [2.75, 3.05) is 10.7 Å². The van der Waals surface area contributed by atoms with Gasteiger partial charge in [-0.3, -0.25) is 9.59 Å². The number of halogens is 1. The number of nitrogens with zero attached hydrogens (tertiary/aromatic N) is 1. The molecule has 2 aromatic rings. The average Bonchev–Trinajstić information content (AvgIpc) is 2.88. The van der Waals surface area contributed by atoms with E-state index >= 15 is 0 Å². The second kappa shape index (κ2) is 8.41. The van der Waals surface area contributed by atoms with Gasteiger partial charge in [-0.15, -0.1) is 11.8 Å². The van der Waals surface area contributed by atoms with Crippen LogP contribution in [0.5, 0.6) is 5.75 Å². The molecule has 0 radical (unpaired) electrons. The number of carbonyl (C=O) groups excluding carboxylic acids is 2. The Labute approximate surface area is 174 Å². The van der Waals surface area contributed by atoms with Gasteiger partial charge < -0.3 is 4.74 Å². The number of hydrogen-bond donors (Lipinski definition) is 0. The van der Waals surface area contributed by atoms with Gasteiger partial charge in [0, 0.05) is 5.02 Å². The number of benzene rings is 2. The number of imide groups is 1. The van der Waals surface area contributed by atoms with E-state index in [1.54, 1.807) is 18.2 Å². The van der Waals surface area contributed by atoms with Crippen LogP contribution < -0.4 is 9.64 Å². The number of carbonyl (C=O) groups is 2. The summed E-state index contributed by atoms with van der Waals surface area (Å²) in [5.41, 5.74) is 2.49. The van der Waals surface area contributed by atoms with Crippen LogP contribution in [0.25, 0.3) is 5.57 Å². The molecule has 0 atom stereocenters. The van der Waals surface area contributed by atoms with Gasteiger partial charge in [0.05, 0.1) is 22.3 Å². The normalized spacial score (nSPS) is 14.4. The first-order valence-electron chi connectivity index (χ1n) is 9.12. The fourth-order valence-corrected chi connectivity index (χ4v) is 4.00. The topological polar surface area (TPSA) is 46.6 Å². The van der Waals surface area contributed by atoms with Crippen molar-refractivity contribution < 1.29 is 14.3 Å². The van der Waals surface area contributed by atoms with Crippen LogP contribution in [0, 0.1) is 6.92 Å². The van der Waals surface area contributed by atoms with Gasteiger partial charge in [-0.05, 0) is 61.9 Å². The molecule has 146 valence electrons. The summed E-state index contributed by atoms with van der Waals surface area (Å²) in [6, 6.07) is 12.5. The molecule has 6 heteroatoms. The highest BCUT2D eigenvalue weighted by atomic mass is 35.5. The highest BCUT2D eigenvalue weighted by Crippen LogP contribution is 2.39. The molecule has 2 amide bonds. The highest BCUT2D eigenvalue weighted by molar-refractivity contribution is 8.04. The summed E-state index contributed by atoms with van der Waals surface area (Å²) < 4.78 is 5.67. The molecule has 0 aliphatic carbocycles. The molecule has 1 aliphatic heterocycles. The molecule has 0 saturated carbocycles. The molecule has 4 nitrogen and oxygen atoms in total. The van der Waals surface area contributed by atoms with E-state index < -0.39 is 0 Å². The van der Waals surface area contributed by atoms with Crippen molar-refractivity contribution in [2.45, 2.75) is 33.8 Å². The first-order valence-corrected chi connectivity index (χ1v) is 10.5. The van der Waals surface area contributed by atoms with Crippen LogP contribution in [-0.2, 0) is 9.59 Å². The molecule has 3 rings (SSSR count). The van der Waals surface area contributed by atoms with E-state index in [0.717, 1.165) is 11.3 Å². The molecule has 0 spiro atoms. The van der Waals surface area contributed by atoms with Crippen LogP contribution >= 0.6 is 23.4 Å². The summed E-state index contributed by atoms with van der Waals surface area (Å²) >= 11 is 7.59. The lowest BCUT2D eigenvalue weighted by Gasteiger charge is -2.16. The molecule has 0 bridgehead atoms. The predicted octanol–water partition coefficient (Wildman–Crippen LogP) is 5.47. The van der Waals surface area contributed by atoms with E-state index in [-0.39, 0.29) is 17.9 Å². The van der Waals surface area contributed by atoms with Crippen LogP contribution in [0.15, 0.2) is 47.4 Å². The molecule has 28 heavy (non-hydrogen) atoms. The molecular formula is C22H22ClNO3S. The number of rotatable bonds is 6. The first kappa shape index (κ1) is 20.5. The van der Waals surface area contributed by atoms with Gasteiger partial charge in [0.2, 0.25) is 0 Å². The molecule has 0 N–H and O–H groups in total. The minimum Gasteiger partial charge on any atom is -0.491 e. The third-order valence-corrected chi connectivity index (χ3v) is 5.62. The SMILES string of the molecule is CCSC1=C(c2ccc(OC(C)C)cc2)C(=O)N(c2ccc(C)c(Cl)c2)C1=O. The maximum absolute atomic E-state index is 13.2. The Bertz CT molecular complexity index is 951. The Morgan fingerprint density at radius 2 is 1.75 bits per heavy atom. The second-order valence-corrected chi connectivity index (χ2v) is 8.39. The van der Waals surface area contributed by atoms with Crippen molar-refractivity contribution in [1.29, 1.82) is 0 Å². The zero-order valence-corrected chi connectivity index (χ0v) is 17.9. The number of ether oxygens (including phenoxy) is 1. The maximum atomic E-state index is 13.2. The smallest absolute Gasteiger partial charge is 0.272 e. The molecule has 0 saturated heterocycles. The minimum atomic E-state index is -0.335. The van der Waals surface area contributed by atoms with Gasteiger partial charge in [0.25, 0.3) is 11.8 Å². The monoisotopic (exact) mass is 415 g/mol. The van der Waals surface area contributed by atoms with Crippen molar-refractivity contribution in [3.63, 3.8) is 0 Å². The predicted molar refractivity (Wildman–Crippen MR) is 116 cm³/mol. The Hall–Kier alpha value is -2.24. The summed E-state index contributed by atoms with van der Waals surface area (Å²) in [4.78, 5) is 27.9. The molecule has 0 aromatic heterocycles. The quantitative estimate of drug-likeness (QED) is 0.586. The average molecular weight is 416 g/mol. The van der Waals surface area contributed by atoms with Crippen molar-refractivity contribution in [3.8, 4) is 5.75 Å². The van der Waals surface area contributed by atoms with Gasteiger partial charge in [0.15, 0.2) is 0 Å². The van der Waals surface area contributed by atoms with Gasteiger partial charge in [0.1, 0.15) is 5.75 Å². The molecule has 2 aromatic carbocycles. The number of anilines is 1. The molecule has 1 heterocycles. The largest absolute Gasteiger partial charge is 0.491 e. The lowest BCUT2D eigenvalue weighted by Crippen LogP contribution is -2.31. The Balaban J connectivity index is 2.01. The zero-order valence-electron chi connectivity index (χ0n) is 16.3. The fourth-order valence-electron chi connectivity index (χ4n) is 2.97. The fraction of sp³-hybridized carbons (Fsp3) is 0.273. The van der Waals surface area contributed by atoms with Crippen molar-refractivity contribution >= 4 is 46.4 Å². The maximum Gasteiger partial charge on any atom is 0.272 e. The number of hydrogen-bond acceptors (Lipinski definition) is 4. The van der Waals surface area contributed by atoms with Crippen molar-refractivity contribution in [3.05, 3.63) is 63.5 Å². The van der Waals surface area contributed by atoms with E-state index in [1.165, 1.54) is 16.7 Å². The molecule has 0 unspecified atom stereocenters. The van der Waals surface area contributed by atoms with E-state index in [4.69, 9.17) is 16.3 Å². The number of aryl methyl sites for hydroxylation is 1. The third kappa shape index (κ3) is 3.96. The van der Waals surface area contributed by atoms with E-state index in [0.29, 0.717) is 32.5 Å². The summed E-state index contributed by atoms with van der Waals surface area (Å²) in [6.07, 6.45) is 0.0627. The molecule has 0 fully saturated rings. The summed E-state index contributed by atoms with van der Waals surface area (Å²) in [7, 11) is 0. The summed E-state index contributed by atoms with van der Waals surface area (Å²) in [5.74, 6) is 0.769. The summed E-state index contributed by atoms with van der Waals surface area (Å²) in [5, 5.41) is 0.520. The lowest BCUT2D eigenvalue weighted by molar-refractivity contribution is -0.119. The first-order chi connectivity index (χ1) is 13.3. The van der Waals surface area contributed by atoms with Crippen LogP contribution in [0.2, 0.25) is 5.02 Å². The lowest BCUT2D eigenvalue weighted by atomic mass is 10.1. The number of amides is 2. The second-order valence-electron chi connectivity index (χ2n) is 6.71. The van der Waals surface area contributed by atoms with Crippen molar-refractivity contribution in [2.24, 2.45) is 0 Å². The van der Waals surface area contributed by atoms with Gasteiger partial charge in [-0.25, -0.2) is 4.90 Å². The standard InChI is InChI=1S/C22H22ClNO3S/c1-5-28-20-19(15-7-10-17(11-8-15)27-13(2)3)21(25)24(22(20)26)16-9-6-14(4)18(23)12-16/h6-13H,5H2,1-4H3. The van der Waals surface area contributed by atoms with Crippen LogP contribution in [0.1, 0.15) is 31.9 Å². The Morgan fingerprint density at radius 3 is 2.32 bits per heavy atom. The van der Waals surface area contributed by atoms with Crippen LogP contribution in [-0.4, -0.2) is 23.7 Å². The van der Waals surface area contributed by atoms with Gasteiger partial charge in [-0.1, -0.05) is 36.7 Å². The Kier molecular flexibility index (Phi) is 6.16. The highest BCUT2D eigenvalue weighted by Gasteiger charge is 2.40. The van der Waals surface area contributed by atoms with Crippen LogP contribution in [0.3, 0.4) is 0 Å². The van der Waals surface area contributed by atoms with E-state index in [2.05, 4.69) is 0 Å². The minimum absolute atomic E-state index is 0.0627. The van der Waals surface area contributed by atoms with E-state index in [9.17, 15) is 9.59 Å². The van der Waals surface area contributed by atoms with Gasteiger partial charge >= 0.3 is 0 Å². The van der Waals surface area contributed by atoms with Gasteiger partial charge in [-0.2, -0.15) is 0 Å². The van der Waals surface area contributed by atoms with Crippen LogP contribution in [0.4, 0.5) is 5.69 Å². The van der Waals surface area contributed by atoms with E-state index in [1.807, 2.05) is 52.0 Å².